The Labute approximate surface area is 125 Å². The summed E-state index contributed by atoms with van der Waals surface area (Å²) in [6, 6.07) is 0.0140. The second-order valence-electron chi connectivity index (χ2n) is 5.93. The molecule has 1 atom stereocenters. The van der Waals surface area contributed by atoms with Gasteiger partial charge in [0.2, 0.25) is 5.91 Å². The number of nitrogens with one attached hydrogen (secondary N) is 1. The van der Waals surface area contributed by atoms with Crippen LogP contribution >= 0.6 is 0 Å². The summed E-state index contributed by atoms with van der Waals surface area (Å²) in [4.78, 5) is 17.0. The van der Waals surface area contributed by atoms with Crippen LogP contribution in [0.5, 0.6) is 0 Å². The first-order valence-corrected chi connectivity index (χ1v) is 7.75. The van der Waals surface area contributed by atoms with E-state index in [0.29, 0.717) is 6.54 Å². The van der Waals surface area contributed by atoms with E-state index in [0.717, 1.165) is 57.2 Å². The number of hydrogen-bond donors (Lipinski definition) is 1. The molecule has 116 valence electrons. The normalized spacial score (nSPS) is 23.7. The van der Waals surface area contributed by atoms with E-state index in [1.54, 1.807) is 0 Å². The van der Waals surface area contributed by atoms with E-state index in [1.165, 1.54) is 0 Å². The van der Waals surface area contributed by atoms with Gasteiger partial charge in [0.15, 0.2) is 0 Å². The highest BCUT2D eigenvalue weighted by Gasteiger charge is 2.34. The Morgan fingerprint density at radius 1 is 1.29 bits per heavy atom. The van der Waals surface area contributed by atoms with E-state index in [2.05, 4.69) is 20.4 Å². The molecule has 2 aliphatic rings. The van der Waals surface area contributed by atoms with E-state index in [4.69, 9.17) is 0 Å². The minimum absolute atomic E-state index is 0.0140. The number of piperazine rings is 1. The monoisotopic (exact) mass is 292 g/mol. The molecule has 2 saturated heterocycles. The van der Waals surface area contributed by atoms with Gasteiger partial charge < -0.3 is 14.8 Å². The summed E-state index contributed by atoms with van der Waals surface area (Å²) < 4.78 is 2.00. The highest BCUT2D eigenvalue weighted by molar-refractivity contribution is 5.82. The summed E-state index contributed by atoms with van der Waals surface area (Å²) in [6.45, 7) is 7.08. The zero-order valence-electron chi connectivity index (χ0n) is 12.9. The Kier molecular flexibility index (Phi) is 4.21. The molecule has 0 aliphatic carbocycles. The van der Waals surface area contributed by atoms with Crippen LogP contribution in [-0.2, 0) is 18.4 Å². The summed E-state index contributed by atoms with van der Waals surface area (Å²) in [6.07, 6.45) is 2.04. The van der Waals surface area contributed by atoms with Crippen LogP contribution < -0.4 is 5.32 Å². The molecule has 0 radical (unpaired) electrons. The van der Waals surface area contributed by atoms with Crippen molar-refractivity contribution in [2.24, 2.45) is 7.05 Å². The summed E-state index contributed by atoms with van der Waals surface area (Å²) >= 11 is 0. The third-order valence-electron chi connectivity index (χ3n) is 4.60. The quantitative estimate of drug-likeness (QED) is 0.815. The first-order valence-electron chi connectivity index (χ1n) is 7.75. The van der Waals surface area contributed by atoms with E-state index >= 15 is 0 Å². The van der Waals surface area contributed by atoms with Crippen LogP contribution in [0, 0.1) is 6.92 Å². The molecule has 0 bridgehead atoms. The highest BCUT2D eigenvalue weighted by Crippen LogP contribution is 2.21. The van der Waals surface area contributed by atoms with Crippen molar-refractivity contribution in [3.05, 3.63) is 11.6 Å². The summed E-state index contributed by atoms with van der Waals surface area (Å²) in [5, 5.41) is 11.6. The fourth-order valence-corrected chi connectivity index (χ4v) is 3.16. The van der Waals surface area contributed by atoms with Crippen molar-refractivity contribution >= 4 is 5.91 Å². The Bertz CT molecular complexity index is 508. The van der Waals surface area contributed by atoms with Crippen molar-refractivity contribution in [3.63, 3.8) is 0 Å². The van der Waals surface area contributed by atoms with Gasteiger partial charge in [-0.3, -0.25) is 9.69 Å². The van der Waals surface area contributed by atoms with Crippen LogP contribution in [0.15, 0.2) is 0 Å². The maximum atomic E-state index is 12.7. The van der Waals surface area contributed by atoms with Crippen LogP contribution in [0.2, 0.25) is 0 Å². The molecular formula is C14H24N6O. The number of likely N-dealkylation sites (tertiary alicyclic amines) is 1. The zero-order chi connectivity index (χ0) is 14.8. The molecule has 1 aromatic rings. The molecule has 0 spiro atoms. The number of amides is 1. The third kappa shape index (κ3) is 2.94. The van der Waals surface area contributed by atoms with Crippen LogP contribution in [-0.4, -0.2) is 69.2 Å². The van der Waals surface area contributed by atoms with Gasteiger partial charge in [-0.05, 0) is 26.3 Å². The minimum Gasteiger partial charge on any atom is -0.339 e. The topological polar surface area (TPSA) is 66.3 Å². The molecule has 7 nitrogen and oxygen atoms in total. The molecule has 1 N–H and O–H groups in total. The molecule has 1 amide bonds. The number of aryl methyl sites for hydroxylation is 1. The van der Waals surface area contributed by atoms with Crippen LogP contribution in [0.3, 0.4) is 0 Å². The molecular weight excluding hydrogens is 268 g/mol. The predicted octanol–water partition coefficient (Wildman–Crippen LogP) is -0.480. The van der Waals surface area contributed by atoms with Gasteiger partial charge in [-0.15, -0.1) is 10.2 Å². The van der Waals surface area contributed by atoms with Gasteiger partial charge in [-0.2, -0.15) is 0 Å². The van der Waals surface area contributed by atoms with Crippen LogP contribution in [0.4, 0.5) is 0 Å². The van der Waals surface area contributed by atoms with Crippen LogP contribution in [0.1, 0.15) is 24.5 Å². The largest absolute Gasteiger partial charge is 0.339 e. The van der Waals surface area contributed by atoms with Gasteiger partial charge in [0.25, 0.3) is 0 Å². The summed E-state index contributed by atoms with van der Waals surface area (Å²) in [7, 11) is 1.98. The number of carbonyl (C=O) groups is 1. The van der Waals surface area contributed by atoms with Crippen molar-refractivity contribution in [2.45, 2.75) is 32.4 Å². The van der Waals surface area contributed by atoms with Crippen molar-refractivity contribution in [1.82, 2.24) is 29.9 Å². The first kappa shape index (κ1) is 14.5. The smallest absolute Gasteiger partial charge is 0.240 e. The molecule has 2 fully saturated rings. The molecule has 0 aromatic carbocycles. The van der Waals surface area contributed by atoms with Crippen molar-refractivity contribution in [1.29, 1.82) is 0 Å². The number of nitrogens with zero attached hydrogens (tertiary/aromatic N) is 5. The van der Waals surface area contributed by atoms with E-state index in [-0.39, 0.29) is 11.9 Å². The lowest BCUT2D eigenvalue weighted by atomic mass is 10.1. The zero-order valence-corrected chi connectivity index (χ0v) is 12.9. The average molecular weight is 292 g/mol. The van der Waals surface area contributed by atoms with E-state index < -0.39 is 0 Å². The Hall–Kier alpha value is -1.47. The third-order valence-corrected chi connectivity index (χ3v) is 4.60. The molecule has 2 aliphatic heterocycles. The van der Waals surface area contributed by atoms with Gasteiger partial charge in [-0.1, -0.05) is 0 Å². The SMILES string of the molecule is Cc1nnc(CN2CCCC2C(=O)N2CCNCC2)n1C. The Balaban J connectivity index is 1.67. The Morgan fingerprint density at radius 2 is 2.05 bits per heavy atom. The standard InChI is InChI=1S/C14H24N6O/c1-11-16-17-13(18(11)2)10-20-7-3-4-12(20)14(21)19-8-5-15-6-9-19/h12,15H,3-10H2,1-2H3. The Morgan fingerprint density at radius 3 is 2.71 bits per heavy atom. The first-order chi connectivity index (χ1) is 10.2. The lowest BCUT2D eigenvalue weighted by molar-refractivity contribution is -0.136. The molecule has 21 heavy (non-hydrogen) atoms. The van der Waals surface area contributed by atoms with Crippen LogP contribution in [0.25, 0.3) is 0 Å². The lowest BCUT2D eigenvalue weighted by Crippen LogP contribution is -2.52. The number of carbonyl (C=O) groups excluding carboxylic acids is 1. The van der Waals surface area contributed by atoms with Gasteiger partial charge in [-0.25, -0.2) is 0 Å². The maximum Gasteiger partial charge on any atom is 0.240 e. The van der Waals surface area contributed by atoms with Gasteiger partial charge in [0, 0.05) is 33.2 Å². The molecule has 0 saturated carbocycles. The molecule has 3 heterocycles. The molecule has 3 rings (SSSR count). The predicted molar refractivity (Wildman–Crippen MR) is 78.6 cm³/mol. The second kappa shape index (κ2) is 6.11. The number of rotatable bonds is 3. The van der Waals surface area contributed by atoms with E-state index in [9.17, 15) is 4.79 Å². The molecule has 1 aromatic heterocycles. The highest BCUT2D eigenvalue weighted by atomic mass is 16.2. The maximum absolute atomic E-state index is 12.7. The van der Waals surface area contributed by atoms with Gasteiger partial charge in [0.05, 0.1) is 12.6 Å². The fourth-order valence-electron chi connectivity index (χ4n) is 3.16. The van der Waals surface area contributed by atoms with E-state index in [1.807, 2.05) is 23.4 Å². The minimum atomic E-state index is 0.0140. The van der Waals surface area contributed by atoms with Crippen molar-refractivity contribution < 1.29 is 4.79 Å². The van der Waals surface area contributed by atoms with Gasteiger partial charge in [0.1, 0.15) is 11.6 Å². The second-order valence-corrected chi connectivity index (χ2v) is 5.93. The van der Waals surface area contributed by atoms with Gasteiger partial charge >= 0.3 is 0 Å². The molecule has 1 unspecified atom stereocenters. The van der Waals surface area contributed by atoms with Crippen molar-refractivity contribution in [3.8, 4) is 0 Å². The lowest BCUT2D eigenvalue weighted by Gasteiger charge is -2.32. The average Bonchev–Trinajstić information content (AvgIpc) is 3.10. The van der Waals surface area contributed by atoms with Crippen molar-refractivity contribution in [2.75, 3.05) is 32.7 Å². The number of aromatic nitrogens is 3. The number of hydrogen-bond acceptors (Lipinski definition) is 5. The summed E-state index contributed by atoms with van der Waals surface area (Å²) in [5.74, 6) is 2.13. The molecule has 7 heteroatoms. The fraction of sp³-hybridized carbons (Fsp3) is 0.786. The summed E-state index contributed by atoms with van der Waals surface area (Å²) in [5.41, 5.74) is 0.